The lowest BCUT2D eigenvalue weighted by Crippen LogP contribution is -2.14. The number of fused-ring (bicyclic) bond motifs is 1. The van der Waals surface area contributed by atoms with Crippen LogP contribution in [0.5, 0.6) is 0 Å². The van der Waals surface area contributed by atoms with Crippen LogP contribution in [0.25, 0.3) is 5.57 Å². The minimum atomic E-state index is -0.151. The van der Waals surface area contributed by atoms with Crippen molar-refractivity contribution in [2.24, 2.45) is 0 Å². The molecule has 1 atom stereocenters. The molecule has 2 aliphatic carbocycles. The number of amides is 1. The summed E-state index contributed by atoms with van der Waals surface area (Å²) in [6, 6.07) is 11.7. The summed E-state index contributed by atoms with van der Waals surface area (Å²) >= 11 is 0. The minimum absolute atomic E-state index is 0.00348. The van der Waals surface area contributed by atoms with Gasteiger partial charge in [0.25, 0.3) is 5.91 Å². The van der Waals surface area contributed by atoms with E-state index in [1.54, 1.807) is 6.20 Å². The molecule has 1 amide bonds. The number of rotatable bonds is 6. The van der Waals surface area contributed by atoms with Gasteiger partial charge in [-0.3, -0.25) is 14.8 Å². The van der Waals surface area contributed by atoms with Gasteiger partial charge in [-0.1, -0.05) is 18.2 Å². The number of pyridine rings is 1. The Bertz CT molecular complexity index is 1200. The first-order chi connectivity index (χ1) is 16.1. The summed E-state index contributed by atoms with van der Waals surface area (Å²) in [7, 11) is 0. The van der Waals surface area contributed by atoms with Gasteiger partial charge in [0, 0.05) is 23.5 Å². The highest BCUT2D eigenvalue weighted by atomic mass is 16.1. The maximum atomic E-state index is 12.7. The van der Waals surface area contributed by atoms with E-state index >= 15 is 0 Å². The van der Waals surface area contributed by atoms with Crippen LogP contribution in [0.2, 0.25) is 0 Å². The van der Waals surface area contributed by atoms with Crippen molar-refractivity contribution < 1.29 is 4.79 Å². The lowest BCUT2D eigenvalue weighted by Gasteiger charge is -2.17. The molecule has 2 aliphatic rings. The van der Waals surface area contributed by atoms with Crippen molar-refractivity contribution in [3.8, 4) is 0 Å². The second-order valence-electron chi connectivity index (χ2n) is 9.02. The zero-order chi connectivity index (χ0) is 22.8. The fourth-order valence-electron chi connectivity index (χ4n) is 4.22. The Kier molecular flexibility index (Phi) is 5.90. The average molecular weight is 440 g/mol. The number of hydrogen-bond acceptors (Lipinski definition) is 5. The molecule has 3 aromatic rings. The van der Waals surface area contributed by atoms with Crippen LogP contribution in [-0.2, 0) is 6.42 Å². The maximum Gasteiger partial charge on any atom is 0.257 e. The van der Waals surface area contributed by atoms with Gasteiger partial charge < -0.3 is 10.6 Å². The number of hydrogen-bond donors (Lipinski definition) is 2. The van der Waals surface area contributed by atoms with Gasteiger partial charge >= 0.3 is 0 Å². The molecule has 0 radical (unpaired) electrons. The minimum Gasteiger partial charge on any atom is -0.362 e. The second-order valence-corrected chi connectivity index (χ2v) is 9.02. The monoisotopic (exact) mass is 439 g/mol. The Balaban J connectivity index is 1.27. The first kappa shape index (κ1) is 21.3. The summed E-state index contributed by atoms with van der Waals surface area (Å²) in [5.74, 6) is 1.19. The molecular weight excluding hydrogens is 410 g/mol. The van der Waals surface area contributed by atoms with Crippen LogP contribution >= 0.6 is 0 Å². The third kappa shape index (κ3) is 4.95. The van der Waals surface area contributed by atoms with Crippen molar-refractivity contribution >= 4 is 23.0 Å². The number of nitrogens with zero attached hydrogens (tertiary/aromatic N) is 3. The molecular formula is C27H29N5O. The number of aromatic nitrogens is 3. The van der Waals surface area contributed by atoms with Crippen LogP contribution in [0.15, 0.2) is 54.9 Å². The fourth-order valence-corrected chi connectivity index (χ4v) is 4.22. The molecule has 168 valence electrons. The topological polar surface area (TPSA) is 79.8 Å². The van der Waals surface area contributed by atoms with Gasteiger partial charge in [-0.25, -0.2) is 4.98 Å². The van der Waals surface area contributed by atoms with Gasteiger partial charge in [-0.15, -0.1) is 0 Å². The van der Waals surface area contributed by atoms with Crippen LogP contribution in [0, 0.1) is 0 Å². The maximum absolute atomic E-state index is 12.7. The first-order valence-corrected chi connectivity index (χ1v) is 11.7. The standard InChI is InChI=1S/C27H29N5O/c1-17-6-3-4-9-24-26(17)32-25(16-29-24)30-18(2)20-7-5-8-22(14-20)31-27(33)21-12-13-23(28-15-21)19-10-11-19/h5-8,12-16,18-19H,3-4,9-11H2,1-2H3,(H,30,32)(H,31,33)/t18-/m0/s1. The lowest BCUT2D eigenvalue weighted by atomic mass is 10.1. The van der Waals surface area contributed by atoms with Gasteiger partial charge in [0.1, 0.15) is 5.82 Å². The van der Waals surface area contributed by atoms with Crippen molar-refractivity contribution in [3.63, 3.8) is 0 Å². The number of carbonyl (C=O) groups is 1. The second kappa shape index (κ2) is 9.14. The third-order valence-corrected chi connectivity index (χ3v) is 6.34. The van der Waals surface area contributed by atoms with Gasteiger partial charge in [0.05, 0.1) is 29.2 Å². The molecule has 5 rings (SSSR count). The van der Waals surface area contributed by atoms with E-state index in [1.165, 1.54) is 18.4 Å². The molecule has 6 nitrogen and oxygen atoms in total. The largest absolute Gasteiger partial charge is 0.362 e. The zero-order valence-corrected chi connectivity index (χ0v) is 19.1. The Labute approximate surface area is 194 Å². The molecule has 1 saturated carbocycles. The number of allylic oxidation sites excluding steroid dienone is 2. The predicted molar refractivity (Wildman–Crippen MR) is 131 cm³/mol. The Hall–Kier alpha value is -3.54. The molecule has 0 spiro atoms. The Morgan fingerprint density at radius 3 is 2.79 bits per heavy atom. The molecule has 1 aromatic carbocycles. The molecule has 1 fully saturated rings. The van der Waals surface area contributed by atoms with Crippen LogP contribution in [0.3, 0.4) is 0 Å². The molecule has 0 unspecified atom stereocenters. The first-order valence-electron chi connectivity index (χ1n) is 11.7. The smallest absolute Gasteiger partial charge is 0.257 e. The van der Waals surface area contributed by atoms with E-state index in [4.69, 9.17) is 4.98 Å². The number of nitrogens with one attached hydrogen (secondary N) is 2. The summed E-state index contributed by atoms with van der Waals surface area (Å²) in [5, 5.41) is 6.45. The average Bonchev–Trinajstić information content (AvgIpc) is 3.69. The summed E-state index contributed by atoms with van der Waals surface area (Å²) < 4.78 is 0. The van der Waals surface area contributed by atoms with Crippen LogP contribution < -0.4 is 10.6 Å². The summed E-state index contributed by atoms with van der Waals surface area (Å²) in [6.45, 7) is 4.19. The molecule has 6 heteroatoms. The van der Waals surface area contributed by atoms with E-state index in [0.29, 0.717) is 11.5 Å². The predicted octanol–water partition coefficient (Wildman–Crippen LogP) is 5.91. The van der Waals surface area contributed by atoms with Crippen molar-refractivity contribution in [1.29, 1.82) is 0 Å². The molecule has 2 aromatic heterocycles. The number of aryl methyl sites for hydroxylation is 1. The quantitative estimate of drug-likeness (QED) is 0.499. The number of benzene rings is 1. The van der Waals surface area contributed by atoms with Gasteiger partial charge in [-0.05, 0) is 81.4 Å². The van der Waals surface area contributed by atoms with E-state index in [-0.39, 0.29) is 11.9 Å². The molecule has 2 heterocycles. The summed E-state index contributed by atoms with van der Waals surface area (Å²) in [4.78, 5) is 26.6. The molecule has 33 heavy (non-hydrogen) atoms. The number of carbonyl (C=O) groups excluding carboxylic acids is 1. The van der Waals surface area contributed by atoms with Crippen LogP contribution in [0.4, 0.5) is 11.5 Å². The number of anilines is 2. The highest BCUT2D eigenvalue weighted by Crippen LogP contribution is 2.38. The normalized spacial score (nSPS) is 16.2. The SMILES string of the molecule is CC1=CCCCc2ncc(N[C@@H](C)c3cccc(NC(=O)c4ccc(C5CC5)nc4)c3)nc21. The van der Waals surface area contributed by atoms with Crippen LogP contribution in [0.1, 0.15) is 84.5 Å². The van der Waals surface area contributed by atoms with Gasteiger partial charge in [0.2, 0.25) is 0 Å². The molecule has 0 aliphatic heterocycles. The highest BCUT2D eigenvalue weighted by molar-refractivity contribution is 6.04. The fraction of sp³-hybridized carbons (Fsp3) is 0.333. The van der Waals surface area contributed by atoms with Crippen molar-refractivity contribution in [2.75, 3.05) is 10.6 Å². The van der Waals surface area contributed by atoms with Crippen LogP contribution in [-0.4, -0.2) is 20.9 Å². The Morgan fingerprint density at radius 1 is 1.12 bits per heavy atom. The highest BCUT2D eigenvalue weighted by Gasteiger charge is 2.24. The third-order valence-electron chi connectivity index (χ3n) is 6.34. The van der Waals surface area contributed by atoms with Crippen molar-refractivity contribution in [2.45, 2.75) is 57.9 Å². The van der Waals surface area contributed by atoms with E-state index in [9.17, 15) is 4.79 Å². The van der Waals surface area contributed by atoms with Crippen molar-refractivity contribution in [1.82, 2.24) is 15.0 Å². The van der Waals surface area contributed by atoms with Gasteiger partial charge in [-0.2, -0.15) is 0 Å². The molecule has 0 saturated heterocycles. The molecule has 0 bridgehead atoms. The van der Waals surface area contributed by atoms with E-state index in [0.717, 1.165) is 53.4 Å². The van der Waals surface area contributed by atoms with Gasteiger partial charge in [0.15, 0.2) is 0 Å². The Morgan fingerprint density at radius 2 is 2.00 bits per heavy atom. The van der Waals surface area contributed by atoms with E-state index < -0.39 is 0 Å². The van der Waals surface area contributed by atoms with E-state index in [2.05, 4.69) is 40.5 Å². The van der Waals surface area contributed by atoms with E-state index in [1.807, 2.05) is 42.6 Å². The summed E-state index contributed by atoms with van der Waals surface area (Å²) in [6.07, 6.45) is 11.3. The lowest BCUT2D eigenvalue weighted by molar-refractivity contribution is 0.102. The summed E-state index contributed by atoms with van der Waals surface area (Å²) in [5.41, 5.74) is 6.72. The molecule has 2 N–H and O–H groups in total. The van der Waals surface area contributed by atoms with Crippen molar-refractivity contribution in [3.05, 3.63) is 83.1 Å². The zero-order valence-electron chi connectivity index (χ0n) is 19.1.